The van der Waals surface area contributed by atoms with Crippen molar-refractivity contribution < 1.29 is 23.2 Å². The van der Waals surface area contributed by atoms with E-state index in [0.29, 0.717) is 0 Å². The highest BCUT2D eigenvalue weighted by atomic mass is 35.5. The van der Waals surface area contributed by atoms with Crippen molar-refractivity contribution >= 4 is 39.4 Å². The van der Waals surface area contributed by atoms with Crippen LogP contribution in [0.4, 0.5) is 5.69 Å². The Labute approximate surface area is 178 Å². The van der Waals surface area contributed by atoms with Gasteiger partial charge in [0, 0.05) is 35.3 Å². The van der Waals surface area contributed by atoms with Gasteiger partial charge in [-0.2, -0.15) is 9.41 Å². The zero-order valence-electron chi connectivity index (χ0n) is 16.1. The van der Waals surface area contributed by atoms with Gasteiger partial charge in [-0.1, -0.05) is 31.5 Å². The zero-order chi connectivity index (χ0) is 22.5. The first kappa shape index (κ1) is 23.3. The Morgan fingerprint density at radius 3 is 2.57 bits per heavy atom. The van der Waals surface area contributed by atoms with E-state index in [9.17, 15) is 28.4 Å². The van der Waals surface area contributed by atoms with E-state index in [4.69, 9.17) is 11.6 Å². The van der Waals surface area contributed by atoms with Gasteiger partial charge < -0.3 is 5.11 Å². The average Bonchev–Trinajstić information content (AvgIpc) is 2.70. The molecule has 10 nitrogen and oxygen atoms in total. The number of nitrogens with zero attached hydrogens (tertiary/aromatic N) is 3. The van der Waals surface area contributed by atoms with Crippen LogP contribution in [-0.2, 0) is 10.0 Å². The topological polar surface area (TPSA) is 142 Å². The number of rotatable bonds is 8. The molecule has 160 valence electrons. The Bertz CT molecular complexity index is 1100. The molecule has 30 heavy (non-hydrogen) atoms. The van der Waals surface area contributed by atoms with Gasteiger partial charge in [-0.3, -0.25) is 14.9 Å². The molecule has 2 rings (SSSR count). The van der Waals surface area contributed by atoms with Crippen LogP contribution in [0.3, 0.4) is 0 Å². The van der Waals surface area contributed by atoms with Gasteiger partial charge in [0.15, 0.2) is 0 Å². The molecule has 0 aliphatic heterocycles. The molecule has 0 saturated heterocycles. The van der Waals surface area contributed by atoms with E-state index in [1.807, 2.05) is 0 Å². The number of hydrogen-bond acceptors (Lipinski definition) is 7. The molecule has 0 aliphatic carbocycles. The Hall–Kier alpha value is -3.02. The number of amides is 1. The van der Waals surface area contributed by atoms with Crippen molar-refractivity contribution in [1.82, 2.24) is 9.73 Å². The van der Waals surface area contributed by atoms with Gasteiger partial charge in [0.05, 0.1) is 16.0 Å². The van der Waals surface area contributed by atoms with E-state index in [1.165, 1.54) is 34.6 Å². The lowest BCUT2D eigenvalue weighted by atomic mass is 10.2. The Balaban J connectivity index is 2.23. The molecule has 0 heterocycles. The minimum atomic E-state index is -3.74. The number of phenols is 1. The third-order valence-electron chi connectivity index (χ3n) is 4.09. The lowest BCUT2D eigenvalue weighted by Gasteiger charge is -2.18. The number of halogens is 1. The molecule has 0 spiro atoms. The SMILES string of the molecule is CCN(CC)S(=O)(=O)c1cccc(C(=O)NN=Cc2cc(Cl)cc([N+](=O)[O-])c2O)c1. The van der Waals surface area contributed by atoms with Gasteiger partial charge in [0.2, 0.25) is 15.8 Å². The number of hydrazone groups is 1. The predicted octanol–water partition coefficient (Wildman–Crippen LogP) is 2.75. The summed E-state index contributed by atoms with van der Waals surface area (Å²) in [6.45, 7) is 3.99. The molecular weight excluding hydrogens is 436 g/mol. The summed E-state index contributed by atoms with van der Waals surface area (Å²) in [6, 6.07) is 7.66. The van der Waals surface area contributed by atoms with Crippen molar-refractivity contribution in [1.29, 1.82) is 0 Å². The number of aromatic hydroxyl groups is 1. The van der Waals surface area contributed by atoms with Crippen LogP contribution in [0.2, 0.25) is 5.02 Å². The normalized spacial score (nSPS) is 11.7. The molecule has 0 aromatic heterocycles. The number of phenolic OH excluding ortho intramolecular Hbond substituents is 1. The molecule has 12 heteroatoms. The maximum Gasteiger partial charge on any atom is 0.312 e. The molecule has 0 fully saturated rings. The second kappa shape index (κ2) is 9.65. The summed E-state index contributed by atoms with van der Waals surface area (Å²) in [4.78, 5) is 22.4. The number of carbonyl (C=O) groups is 1. The van der Waals surface area contributed by atoms with Crippen LogP contribution in [0.1, 0.15) is 29.8 Å². The maximum atomic E-state index is 12.6. The molecule has 2 aromatic rings. The number of nitro benzene ring substituents is 1. The Morgan fingerprint density at radius 2 is 1.97 bits per heavy atom. The van der Waals surface area contributed by atoms with Crippen molar-refractivity contribution in [3.8, 4) is 5.75 Å². The van der Waals surface area contributed by atoms with E-state index in [0.717, 1.165) is 12.3 Å². The van der Waals surface area contributed by atoms with E-state index < -0.39 is 32.3 Å². The second-order valence-corrected chi connectivity index (χ2v) is 8.31. The molecule has 0 radical (unpaired) electrons. The number of benzene rings is 2. The third kappa shape index (κ3) is 5.12. The molecule has 1 amide bonds. The fraction of sp³-hybridized carbons (Fsp3) is 0.222. The number of nitrogens with one attached hydrogen (secondary N) is 1. The lowest BCUT2D eigenvalue weighted by Crippen LogP contribution is -2.30. The van der Waals surface area contributed by atoms with E-state index >= 15 is 0 Å². The molecular formula is C18H19ClN4O6S. The van der Waals surface area contributed by atoms with Gasteiger partial charge in [-0.25, -0.2) is 13.8 Å². The van der Waals surface area contributed by atoms with Crippen LogP contribution in [0.15, 0.2) is 46.4 Å². The summed E-state index contributed by atoms with van der Waals surface area (Å²) in [5.74, 6) is -1.37. The van der Waals surface area contributed by atoms with Crippen molar-refractivity contribution in [3.05, 3.63) is 62.7 Å². The first-order valence-corrected chi connectivity index (χ1v) is 10.5. The smallest absolute Gasteiger partial charge is 0.312 e. The number of hydrogen-bond donors (Lipinski definition) is 2. The maximum absolute atomic E-state index is 12.6. The van der Waals surface area contributed by atoms with Crippen LogP contribution in [-0.4, -0.2) is 48.0 Å². The van der Waals surface area contributed by atoms with Crippen molar-refractivity contribution in [3.63, 3.8) is 0 Å². The third-order valence-corrected chi connectivity index (χ3v) is 6.35. The molecule has 0 aliphatic rings. The summed E-state index contributed by atoms with van der Waals surface area (Å²) in [6.07, 6.45) is 0.989. The summed E-state index contributed by atoms with van der Waals surface area (Å²) in [5, 5.41) is 24.5. The molecule has 2 aromatic carbocycles. The average molecular weight is 455 g/mol. The number of nitro groups is 1. The Morgan fingerprint density at radius 1 is 1.30 bits per heavy atom. The van der Waals surface area contributed by atoms with E-state index in [1.54, 1.807) is 13.8 Å². The van der Waals surface area contributed by atoms with Crippen molar-refractivity contribution in [2.45, 2.75) is 18.7 Å². The van der Waals surface area contributed by atoms with Gasteiger partial charge >= 0.3 is 5.69 Å². The summed E-state index contributed by atoms with van der Waals surface area (Å²) < 4.78 is 26.4. The van der Waals surface area contributed by atoms with Crippen LogP contribution >= 0.6 is 11.6 Å². The quantitative estimate of drug-likeness (QED) is 0.356. The molecule has 2 N–H and O–H groups in total. The first-order chi connectivity index (χ1) is 14.1. The van der Waals surface area contributed by atoms with Crippen molar-refractivity contribution in [2.75, 3.05) is 13.1 Å². The van der Waals surface area contributed by atoms with Gasteiger partial charge in [0.25, 0.3) is 5.91 Å². The summed E-state index contributed by atoms with van der Waals surface area (Å²) in [7, 11) is -3.74. The van der Waals surface area contributed by atoms with Crippen LogP contribution in [0.25, 0.3) is 0 Å². The monoisotopic (exact) mass is 454 g/mol. The zero-order valence-corrected chi connectivity index (χ0v) is 17.6. The highest BCUT2D eigenvalue weighted by molar-refractivity contribution is 7.89. The largest absolute Gasteiger partial charge is 0.502 e. The van der Waals surface area contributed by atoms with Crippen molar-refractivity contribution in [2.24, 2.45) is 5.10 Å². The van der Waals surface area contributed by atoms with Crippen LogP contribution in [0.5, 0.6) is 5.75 Å². The minimum Gasteiger partial charge on any atom is -0.502 e. The Kier molecular flexibility index (Phi) is 7.48. The van der Waals surface area contributed by atoms with Crippen LogP contribution < -0.4 is 5.43 Å². The standard InChI is InChI=1S/C18H19ClN4O6S/c1-3-22(4-2)30(28,29)15-7-5-6-12(9-15)18(25)21-20-11-13-8-14(19)10-16(17(13)24)23(26)27/h5-11,24H,3-4H2,1-2H3,(H,21,25). The van der Waals surface area contributed by atoms with E-state index in [-0.39, 0.29) is 34.1 Å². The fourth-order valence-corrected chi connectivity index (χ4v) is 4.30. The number of sulfonamides is 1. The molecule has 0 saturated carbocycles. The summed E-state index contributed by atoms with van der Waals surface area (Å²) >= 11 is 5.79. The summed E-state index contributed by atoms with van der Waals surface area (Å²) in [5.41, 5.74) is 1.54. The van der Waals surface area contributed by atoms with Gasteiger partial charge in [0.1, 0.15) is 0 Å². The number of carbonyl (C=O) groups excluding carboxylic acids is 1. The highest BCUT2D eigenvalue weighted by Gasteiger charge is 2.22. The van der Waals surface area contributed by atoms with Gasteiger partial charge in [-0.05, 0) is 24.3 Å². The van der Waals surface area contributed by atoms with E-state index in [2.05, 4.69) is 10.5 Å². The molecule has 0 bridgehead atoms. The molecule has 0 atom stereocenters. The second-order valence-electron chi connectivity index (χ2n) is 5.94. The predicted molar refractivity (Wildman–Crippen MR) is 111 cm³/mol. The minimum absolute atomic E-state index is 0.00147. The highest BCUT2D eigenvalue weighted by Crippen LogP contribution is 2.32. The van der Waals surface area contributed by atoms with Crippen LogP contribution in [0, 0.1) is 10.1 Å². The molecule has 0 unspecified atom stereocenters. The lowest BCUT2D eigenvalue weighted by molar-refractivity contribution is -0.385. The first-order valence-electron chi connectivity index (χ1n) is 8.72. The van der Waals surface area contributed by atoms with Gasteiger partial charge in [-0.15, -0.1) is 0 Å². The fourth-order valence-electron chi connectivity index (χ4n) is 2.58.